The van der Waals surface area contributed by atoms with Crippen molar-refractivity contribution in [3.8, 4) is 11.5 Å². The van der Waals surface area contributed by atoms with Crippen molar-refractivity contribution in [2.45, 2.75) is 39.4 Å². The van der Waals surface area contributed by atoms with E-state index in [1.165, 1.54) is 0 Å². The SMILES string of the molecule is Cc1cccc(-c2nccc(Nc3ccnc(Nc4ccc(Cl)c(CN5CC(C)NC(C)C5)c4)n3)n2)n1. The Labute approximate surface area is 221 Å². The van der Waals surface area contributed by atoms with Crippen LogP contribution < -0.4 is 16.0 Å². The number of nitrogens with zero attached hydrogens (tertiary/aromatic N) is 6. The second-order valence-electron chi connectivity index (χ2n) is 9.41. The van der Waals surface area contributed by atoms with Crippen LogP contribution in [0.15, 0.2) is 60.9 Å². The van der Waals surface area contributed by atoms with Crippen molar-refractivity contribution < 1.29 is 0 Å². The quantitative estimate of drug-likeness (QED) is 0.315. The van der Waals surface area contributed by atoms with Gasteiger partial charge in [-0.25, -0.2) is 19.9 Å². The van der Waals surface area contributed by atoms with Crippen LogP contribution in [0.2, 0.25) is 5.02 Å². The molecule has 1 aromatic carbocycles. The van der Waals surface area contributed by atoms with E-state index in [0.717, 1.165) is 47.3 Å². The number of hydrogen-bond donors (Lipinski definition) is 3. The summed E-state index contributed by atoms with van der Waals surface area (Å²) in [4.78, 5) is 24.9. The number of piperazine rings is 1. The molecule has 190 valence electrons. The zero-order valence-electron chi connectivity index (χ0n) is 21.1. The first-order valence-corrected chi connectivity index (χ1v) is 12.7. The van der Waals surface area contributed by atoms with Gasteiger partial charge in [-0.15, -0.1) is 0 Å². The standard InChI is InChI=1S/C27H30ClN9/c1-17-5-4-6-23(32-17)26-29-11-9-24(35-26)34-25-10-12-30-27(36-25)33-21-7-8-22(28)20(13-21)16-37-14-18(2)31-19(3)15-37/h4-13,18-19,31H,14-16H2,1-3H3,(H2,29,30,33,34,35,36). The zero-order chi connectivity index (χ0) is 25.8. The molecule has 2 atom stereocenters. The average Bonchev–Trinajstić information content (AvgIpc) is 2.86. The van der Waals surface area contributed by atoms with Gasteiger partial charge in [-0.05, 0) is 68.8 Å². The number of pyridine rings is 1. The monoisotopic (exact) mass is 515 g/mol. The van der Waals surface area contributed by atoms with E-state index in [4.69, 9.17) is 11.6 Å². The summed E-state index contributed by atoms with van der Waals surface area (Å²) in [6.45, 7) is 9.13. The fraction of sp³-hybridized carbons (Fsp3) is 0.296. The first-order valence-electron chi connectivity index (χ1n) is 12.3. The molecule has 1 fully saturated rings. The molecule has 1 aliphatic rings. The molecule has 1 saturated heterocycles. The molecular weight excluding hydrogens is 486 g/mol. The summed E-state index contributed by atoms with van der Waals surface area (Å²) in [5.74, 6) is 2.24. The first-order chi connectivity index (χ1) is 17.9. The normalized spacial score (nSPS) is 17.9. The van der Waals surface area contributed by atoms with Crippen molar-refractivity contribution in [3.05, 3.63) is 77.2 Å². The van der Waals surface area contributed by atoms with E-state index in [2.05, 4.69) is 65.7 Å². The van der Waals surface area contributed by atoms with Gasteiger partial charge in [-0.3, -0.25) is 4.90 Å². The van der Waals surface area contributed by atoms with Crippen LogP contribution in [0.3, 0.4) is 0 Å². The lowest BCUT2D eigenvalue weighted by atomic mass is 10.1. The lowest BCUT2D eigenvalue weighted by Gasteiger charge is -2.36. The molecule has 0 aliphatic carbocycles. The van der Waals surface area contributed by atoms with Crippen molar-refractivity contribution in [1.82, 2.24) is 35.1 Å². The van der Waals surface area contributed by atoms with E-state index in [1.54, 1.807) is 24.5 Å². The van der Waals surface area contributed by atoms with Gasteiger partial charge in [-0.1, -0.05) is 17.7 Å². The van der Waals surface area contributed by atoms with Gasteiger partial charge in [0.1, 0.15) is 17.3 Å². The van der Waals surface area contributed by atoms with Gasteiger partial charge in [0, 0.05) is 60.5 Å². The lowest BCUT2D eigenvalue weighted by molar-refractivity contribution is 0.166. The third kappa shape index (κ3) is 6.56. The lowest BCUT2D eigenvalue weighted by Crippen LogP contribution is -2.53. The minimum absolute atomic E-state index is 0.450. The van der Waals surface area contributed by atoms with Crippen molar-refractivity contribution >= 4 is 34.9 Å². The Morgan fingerprint density at radius 1 is 0.919 bits per heavy atom. The van der Waals surface area contributed by atoms with Crippen molar-refractivity contribution in [2.24, 2.45) is 0 Å². The van der Waals surface area contributed by atoms with Gasteiger partial charge in [0.05, 0.1) is 0 Å². The maximum absolute atomic E-state index is 6.54. The van der Waals surface area contributed by atoms with E-state index >= 15 is 0 Å². The summed E-state index contributed by atoms with van der Waals surface area (Å²) < 4.78 is 0. The number of hydrogen-bond acceptors (Lipinski definition) is 9. The molecule has 5 rings (SSSR count). The highest BCUT2D eigenvalue weighted by atomic mass is 35.5. The second kappa shape index (κ2) is 11.2. The number of aromatic nitrogens is 5. The summed E-state index contributed by atoms with van der Waals surface area (Å²) in [7, 11) is 0. The third-order valence-corrected chi connectivity index (χ3v) is 6.38. The molecule has 4 heterocycles. The van der Waals surface area contributed by atoms with E-state index in [1.807, 2.05) is 37.3 Å². The fourth-order valence-electron chi connectivity index (χ4n) is 4.55. The Morgan fingerprint density at radius 2 is 1.68 bits per heavy atom. The van der Waals surface area contributed by atoms with Crippen molar-refractivity contribution in [3.63, 3.8) is 0 Å². The summed E-state index contributed by atoms with van der Waals surface area (Å²) in [6.07, 6.45) is 3.40. The molecular formula is C27H30ClN9. The minimum atomic E-state index is 0.450. The van der Waals surface area contributed by atoms with Crippen LogP contribution in [0.1, 0.15) is 25.1 Å². The Morgan fingerprint density at radius 3 is 2.46 bits per heavy atom. The summed E-state index contributed by atoms with van der Waals surface area (Å²) >= 11 is 6.54. The van der Waals surface area contributed by atoms with Crippen LogP contribution in [0.5, 0.6) is 0 Å². The number of halogens is 1. The average molecular weight is 516 g/mol. The predicted molar refractivity (Wildman–Crippen MR) is 147 cm³/mol. The summed E-state index contributed by atoms with van der Waals surface area (Å²) in [5, 5.41) is 10.9. The van der Waals surface area contributed by atoms with Gasteiger partial charge in [0.15, 0.2) is 5.82 Å². The van der Waals surface area contributed by atoms with Crippen LogP contribution in [0, 0.1) is 6.92 Å². The van der Waals surface area contributed by atoms with Gasteiger partial charge >= 0.3 is 0 Å². The Bertz CT molecular complexity index is 1370. The fourth-order valence-corrected chi connectivity index (χ4v) is 4.73. The molecule has 0 bridgehead atoms. The predicted octanol–water partition coefficient (Wildman–Crippen LogP) is 4.96. The van der Waals surface area contributed by atoms with E-state index < -0.39 is 0 Å². The minimum Gasteiger partial charge on any atom is -0.325 e. The first kappa shape index (κ1) is 25.0. The van der Waals surface area contributed by atoms with E-state index in [-0.39, 0.29) is 0 Å². The van der Waals surface area contributed by atoms with Gasteiger partial charge in [0.25, 0.3) is 0 Å². The van der Waals surface area contributed by atoms with Crippen LogP contribution >= 0.6 is 11.6 Å². The maximum atomic E-state index is 6.54. The van der Waals surface area contributed by atoms with Crippen molar-refractivity contribution in [2.75, 3.05) is 23.7 Å². The van der Waals surface area contributed by atoms with Gasteiger partial charge < -0.3 is 16.0 Å². The number of aryl methyl sites for hydroxylation is 1. The van der Waals surface area contributed by atoms with Gasteiger partial charge in [-0.2, -0.15) is 4.98 Å². The Kier molecular flexibility index (Phi) is 7.55. The summed E-state index contributed by atoms with van der Waals surface area (Å²) in [5.41, 5.74) is 3.58. The molecule has 9 nitrogen and oxygen atoms in total. The van der Waals surface area contributed by atoms with E-state index in [9.17, 15) is 0 Å². The zero-order valence-corrected chi connectivity index (χ0v) is 21.9. The molecule has 0 saturated carbocycles. The molecule has 3 N–H and O–H groups in total. The highest BCUT2D eigenvalue weighted by Gasteiger charge is 2.21. The molecule has 37 heavy (non-hydrogen) atoms. The number of rotatable bonds is 7. The highest BCUT2D eigenvalue weighted by molar-refractivity contribution is 6.31. The highest BCUT2D eigenvalue weighted by Crippen LogP contribution is 2.25. The van der Waals surface area contributed by atoms with E-state index in [0.29, 0.717) is 35.5 Å². The Hall–Kier alpha value is -3.66. The van der Waals surface area contributed by atoms with Crippen LogP contribution in [-0.2, 0) is 6.54 Å². The smallest absolute Gasteiger partial charge is 0.229 e. The largest absolute Gasteiger partial charge is 0.325 e. The van der Waals surface area contributed by atoms with Crippen LogP contribution in [0.4, 0.5) is 23.3 Å². The third-order valence-electron chi connectivity index (χ3n) is 6.01. The van der Waals surface area contributed by atoms with Crippen LogP contribution in [-0.4, -0.2) is 55.0 Å². The molecule has 1 aliphatic heterocycles. The molecule has 4 aromatic rings. The maximum Gasteiger partial charge on any atom is 0.229 e. The molecule has 3 aromatic heterocycles. The number of nitrogens with one attached hydrogen (secondary N) is 3. The topological polar surface area (TPSA) is 104 Å². The number of anilines is 4. The Balaban J connectivity index is 1.29. The number of benzene rings is 1. The molecule has 0 amide bonds. The van der Waals surface area contributed by atoms with Crippen LogP contribution in [0.25, 0.3) is 11.5 Å². The molecule has 0 spiro atoms. The van der Waals surface area contributed by atoms with Crippen molar-refractivity contribution in [1.29, 1.82) is 0 Å². The molecule has 2 unspecified atom stereocenters. The molecule has 10 heteroatoms. The summed E-state index contributed by atoms with van der Waals surface area (Å²) in [6, 6.07) is 16.2. The van der Waals surface area contributed by atoms with Gasteiger partial charge in [0.2, 0.25) is 5.95 Å². The second-order valence-corrected chi connectivity index (χ2v) is 9.82. The molecule has 0 radical (unpaired) electrons.